The molecule has 174 valence electrons. The van der Waals surface area contributed by atoms with Gasteiger partial charge in [-0.25, -0.2) is 0 Å². The van der Waals surface area contributed by atoms with Gasteiger partial charge in [-0.3, -0.25) is 0 Å². The Bertz CT molecular complexity index is 998. The Kier molecular flexibility index (Phi) is 5.43. The average molecular weight is 446 g/mol. The number of epoxide rings is 1. The highest BCUT2D eigenvalue weighted by atomic mass is 16.8. The molecule has 0 N–H and O–H groups in total. The lowest BCUT2D eigenvalue weighted by Crippen LogP contribution is -2.42. The van der Waals surface area contributed by atoms with Crippen LogP contribution in [0.5, 0.6) is 28.7 Å². The second kappa shape index (κ2) is 7.72. The van der Waals surface area contributed by atoms with Gasteiger partial charge in [-0.1, -0.05) is 0 Å². The number of methoxy groups -OCH3 is 6. The van der Waals surface area contributed by atoms with E-state index in [2.05, 4.69) is 0 Å². The molecule has 0 aliphatic carbocycles. The Labute approximate surface area is 188 Å². The van der Waals surface area contributed by atoms with Crippen molar-refractivity contribution >= 4 is 0 Å². The second-order valence-electron chi connectivity index (χ2n) is 8.09. The van der Waals surface area contributed by atoms with E-state index < -0.39 is 23.1 Å². The summed E-state index contributed by atoms with van der Waals surface area (Å²) in [5, 5.41) is 0. The van der Waals surface area contributed by atoms with Crippen LogP contribution in [0.25, 0.3) is 0 Å². The highest BCUT2D eigenvalue weighted by molar-refractivity contribution is 5.56. The fraction of sp³-hybridized carbons (Fsp3) is 0.500. The van der Waals surface area contributed by atoms with Crippen LogP contribution in [0.15, 0.2) is 30.3 Å². The Morgan fingerprint density at radius 1 is 0.719 bits per heavy atom. The zero-order valence-electron chi connectivity index (χ0n) is 19.7. The molecule has 4 unspecified atom stereocenters. The van der Waals surface area contributed by atoms with Gasteiger partial charge in [0, 0.05) is 12.7 Å². The van der Waals surface area contributed by atoms with Crippen molar-refractivity contribution in [2.45, 2.75) is 36.9 Å². The first-order chi connectivity index (χ1) is 15.3. The Balaban J connectivity index is 1.83. The molecule has 2 heterocycles. The topological polar surface area (TPSA) is 77.1 Å². The summed E-state index contributed by atoms with van der Waals surface area (Å²) < 4.78 is 46.5. The molecule has 4 rings (SSSR count). The Morgan fingerprint density at radius 3 is 1.81 bits per heavy atom. The minimum Gasteiger partial charge on any atom is -0.493 e. The van der Waals surface area contributed by atoms with Gasteiger partial charge in [-0.15, -0.1) is 0 Å². The predicted octanol–water partition coefficient (Wildman–Crippen LogP) is 3.85. The van der Waals surface area contributed by atoms with Gasteiger partial charge in [0.15, 0.2) is 28.6 Å². The van der Waals surface area contributed by atoms with Gasteiger partial charge in [0.25, 0.3) is 0 Å². The van der Waals surface area contributed by atoms with Crippen LogP contribution in [-0.2, 0) is 20.0 Å². The molecule has 2 aliphatic rings. The third-order valence-corrected chi connectivity index (χ3v) is 6.77. The molecular formula is C24H30O8. The zero-order chi connectivity index (χ0) is 23.3. The molecule has 2 aromatic rings. The quantitative estimate of drug-likeness (QED) is 0.566. The lowest BCUT2D eigenvalue weighted by molar-refractivity contribution is -0.279. The third-order valence-electron chi connectivity index (χ3n) is 6.77. The van der Waals surface area contributed by atoms with Crippen LogP contribution in [0, 0.1) is 0 Å². The van der Waals surface area contributed by atoms with Gasteiger partial charge in [0.2, 0.25) is 11.5 Å². The molecule has 32 heavy (non-hydrogen) atoms. The van der Waals surface area contributed by atoms with Crippen molar-refractivity contribution in [1.29, 1.82) is 0 Å². The van der Waals surface area contributed by atoms with Crippen molar-refractivity contribution in [3.63, 3.8) is 0 Å². The minimum atomic E-state index is -1.17. The fourth-order valence-electron chi connectivity index (χ4n) is 4.87. The molecule has 0 bridgehead atoms. The number of hydrogen-bond acceptors (Lipinski definition) is 8. The summed E-state index contributed by atoms with van der Waals surface area (Å²) in [6.07, 6.45) is -0.464. The van der Waals surface area contributed by atoms with Crippen LogP contribution in [0.1, 0.15) is 31.1 Å². The summed E-state index contributed by atoms with van der Waals surface area (Å²) >= 11 is 0. The fourth-order valence-corrected chi connectivity index (χ4v) is 4.87. The highest BCUT2D eigenvalue weighted by Gasteiger charge is 2.85. The van der Waals surface area contributed by atoms with E-state index in [0.29, 0.717) is 28.7 Å². The largest absolute Gasteiger partial charge is 0.493 e. The van der Waals surface area contributed by atoms with Crippen molar-refractivity contribution in [2.24, 2.45) is 0 Å². The van der Waals surface area contributed by atoms with Crippen LogP contribution < -0.4 is 23.7 Å². The van der Waals surface area contributed by atoms with Crippen LogP contribution >= 0.6 is 0 Å². The second-order valence-corrected chi connectivity index (χ2v) is 8.09. The first-order valence-electron chi connectivity index (χ1n) is 10.2. The average Bonchev–Trinajstić information content (AvgIpc) is 3.34. The molecule has 0 spiro atoms. The van der Waals surface area contributed by atoms with Crippen molar-refractivity contribution in [2.75, 3.05) is 42.7 Å². The summed E-state index contributed by atoms with van der Waals surface area (Å²) in [6.45, 7) is 4.01. The van der Waals surface area contributed by atoms with E-state index >= 15 is 0 Å². The van der Waals surface area contributed by atoms with E-state index in [1.54, 1.807) is 42.7 Å². The lowest BCUT2D eigenvalue weighted by Gasteiger charge is -2.34. The number of fused-ring (bicyclic) bond motifs is 1. The van der Waals surface area contributed by atoms with Crippen LogP contribution in [0.4, 0.5) is 0 Å². The summed E-state index contributed by atoms with van der Waals surface area (Å²) in [5.41, 5.74) is 0.184. The summed E-state index contributed by atoms with van der Waals surface area (Å²) in [6, 6.07) is 9.33. The van der Waals surface area contributed by atoms with Crippen molar-refractivity contribution in [1.82, 2.24) is 0 Å². The molecule has 2 aliphatic heterocycles. The van der Waals surface area contributed by atoms with Gasteiger partial charge in [-0.2, -0.15) is 0 Å². The van der Waals surface area contributed by atoms with Gasteiger partial charge < -0.3 is 37.9 Å². The van der Waals surface area contributed by atoms with E-state index in [1.807, 2.05) is 44.2 Å². The minimum absolute atomic E-state index is 0.464. The SMILES string of the molecule is COc1ccc(C2(OC)OC(c3cc(OC)c(OC)c(OC)c3)C3(C)OC23C)cc1OC. The molecule has 0 aromatic heterocycles. The number of hydrogen-bond donors (Lipinski definition) is 0. The molecule has 0 saturated carbocycles. The van der Waals surface area contributed by atoms with Crippen LogP contribution in [0.3, 0.4) is 0 Å². The van der Waals surface area contributed by atoms with Crippen LogP contribution in [0.2, 0.25) is 0 Å². The highest BCUT2D eigenvalue weighted by Crippen LogP contribution is 2.72. The number of ether oxygens (including phenoxy) is 8. The predicted molar refractivity (Wildman–Crippen MR) is 116 cm³/mol. The first kappa shape index (κ1) is 22.5. The summed E-state index contributed by atoms with van der Waals surface area (Å²) in [5.74, 6) is 1.61. The molecule has 0 radical (unpaired) electrons. The van der Waals surface area contributed by atoms with Crippen molar-refractivity contribution in [3.05, 3.63) is 41.5 Å². The molecular weight excluding hydrogens is 416 g/mol. The standard InChI is InChI=1S/C24H30O8/c1-22-21(14-11-18(27-5)20(29-7)19(12-14)28-6)31-24(30-8,23(22,2)32-22)15-9-10-16(25-3)17(13-15)26-4/h9-13,21H,1-8H3. The Morgan fingerprint density at radius 2 is 1.31 bits per heavy atom. The van der Waals surface area contributed by atoms with Gasteiger partial charge >= 0.3 is 0 Å². The van der Waals surface area contributed by atoms with E-state index in [-0.39, 0.29) is 0 Å². The third kappa shape index (κ3) is 2.79. The first-order valence-corrected chi connectivity index (χ1v) is 10.2. The van der Waals surface area contributed by atoms with E-state index in [4.69, 9.17) is 37.9 Å². The molecule has 2 saturated heterocycles. The maximum atomic E-state index is 6.69. The molecule has 0 amide bonds. The number of rotatable bonds is 8. The maximum absolute atomic E-state index is 6.69. The molecule has 2 fully saturated rings. The lowest BCUT2D eigenvalue weighted by atomic mass is 9.83. The van der Waals surface area contributed by atoms with Crippen molar-refractivity contribution < 1.29 is 37.9 Å². The monoisotopic (exact) mass is 446 g/mol. The molecule has 8 nitrogen and oxygen atoms in total. The van der Waals surface area contributed by atoms with E-state index in [0.717, 1.165) is 11.1 Å². The van der Waals surface area contributed by atoms with Gasteiger partial charge in [0.05, 0.1) is 35.5 Å². The van der Waals surface area contributed by atoms with Crippen molar-refractivity contribution in [3.8, 4) is 28.7 Å². The number of benzene rings is 2. The van der Waals surface area contributed by atoms with Crippen LogP contribution in [-0.4, -0.2) is 53.9 Å². The Hall–Kier alpha value is -2.68. The smallest absolute Gasteiger partial charge is 0.228 e. The maximum Gasteiger partial charge on any atom is 0.228 e. The summed E-state index contributed by atoms with van der Waals surface area (Å²) in [7, 11) is 9.54. The molecule has 4 atom stereocenters. The molecule has 8 heteroatoms. The van der Waals surface area contributed by atoms with E-state index in [9.17, 15) is 0 Å². The summed E-state index contributed by atoms with van der Waals surface area (Å²) in [4.78, 5) is 0. The molecule has 2 aromatic carbocycles. The van der Waals surface area contributed by atoms with Gasteiger partial charge in [0.1, 0.15) is 11.7 Å². The van der Waals surface area contributed by atoms with E-state index in [1.165, 1.54) is 0 Å². The normalized spacial score (nSPS) is 30.4. The van der Waals surface area contributed by atoms with Gasteiger partial charge in [-0.05, 0) is 49.7 Å². The zero-order valence-corrected chi connectivity index (χ0v) is 19.7.